The Kier molecular flexibility index (Phi) is 6.53. The number of rotatable bonds is 5. The summed E-state index contributed by atoms with van der Waals surface area (Å²) in [5, 5.41) is 5.26. The lowest BCUT2D eigenvalue weighted by Crippen LogP contribution is -2.48. The highest BCUT2D eigenvalue weighted by atomic mass is 32.2. The second-order valence-electron chi connectivity index (χ2n) is 5.47. The number of carbonyl (C=O) groups excluding carboxylic acids is 1. The van der Waals surface area contributed by atoms with E-state index < -0.39 is 18.3 Å². The van der Waals surface area contributed by atoms with Crippen molar-refractivity contribution in [1.29, 1.82) is 0 Å². The van der Waals surface area contributed by atoms with E-state index in [1.165, 1.54) is 0 Å². The van der Waals surface area contributed by atoms with Crippen LogP contribution in [0.15, 0.2) is 35.3 Å². The number of nitrogens with one attached hydrogen (secondary N) is 2. The molecule has 132 valence electrons. The van der Waals surface area contributed by atoms with E-state index in [0.29, 0.717) is 6.54 Å². The van der Waals surface area contributed by atoms with Crippen molar-refractivity contribution in [2.75, 3.05) is 12.3 Å². The van der Waals surface area contributed by atoms with E-state index in [1.807, 2.05) is 13.0 Å². The van der Waals surface area contributed by atoms with Crippen molar-refractivity contribution < 1.29 is 18.0 Å². The number of nitrogens with zero attached hydrogens (tertiary/aromatic N) is 1. The van der Waals surface area contributed by atoms with Crippen molar-refractivity contribution >= 4 is 22.8 Å². The van der Waals surface area contributed by atoms with Crippen molar-refractivity contribution in [3.05, 3.63) is 35.9 Å². The van der Waals surface area contributed by atoms with E-state index in [9.17, 15) is 18.0 Å². The van der Waals surface area contributed by atoms with E-state index in [0.717, 1.165) is 23.7 Å². The van der Waals surface area contributed by atoms with Gasteiger partial charge >= 0.3 is 6.18 Å². The predicted octanol–water partition coefficient (Wildman–Crippen LogP) is 3.27. The first-order valence-electron chi connectivity index (χ1n) is 7.75. The fourth-order valence-corrected chi connectivity index (χ4v) is 3.09. The molecule has 4 nitrogen and oxygen atoms in total. The van der Waals surface area contributed by atoms with Crippen LogP contribution in [0.4, 0.5) is 13.2 Å². The molecule has 2 atom stereocenters. The molecule has 1 amide bonds. The zero-order valence-electron chi connectivity index (χ0n) is 13.3. The number of amidine groups is 1. The van der Waals surface area contributed by atoms with Crippen LogP contribution in [0.3, 0.4) is 0 Å². The smallest absolute Gasteiger partial charge is 0.355 e. The first-order chi connectivity index (χ1) is 11.4. The highest BCUT2D eigenvalue weighted by Crippen LogP contribution is 2.34. The highest BCUT2D eigenvalue weighted by Gasteiger charge is 2.43. The molecule has 1 heterocycles. The van der Waals surface area contributed by atoms with Gasteiger partial charge in [0.2, 0.25) is 5.91 Å². The normalized spacial score (nSPS) is 20.9. The first-order valence-corrected chi connectivity index (χ1v) is 8.74. The molecule has 0 unspecified atom stereocenters. The summed E-state index contributed by atoms with van der Waals surface area (Å²) in [4.78, 5) is 16.0. The number of amides is 1. The molecule has 0 fully saturated rings. The molecule has 2 rings (SSSR count). The fourth-order valence-electron chi connectivity index (χ4n) is 2.29. The number of thioether (sulfide) groups is 1. The van der Waals surface area contributed by atoms with Gasteiger partial charge in [0.1, 0.15) is 6.04 Å². The molecule has 0 bridgehead atoms. The molecule has 1 aromatic rings. The third kappa shape index (κ3) is 5.43. The van der Waals surface area contributed by atoms with Crippen LogP contribution in [0, 0.1) is 0 Å². The lowest BCUT2D eigenvalue weighted by atomic mass is 9.98. The van der Waals surface area contributed by atoms with Crippen molar-refractivity contribution in [3.63, 3.8) is 0 Å². The van der Waals surface area contributed by atoms with Gasteiger partial charge in [-0.2, -0.15) is 13.2 Å². The third-order valence-corrected chi connectivity index (χ3v) is 4.42. The molecular formula is C16H20F3N3OS. The maximum Gasteiger partial charge on any atom is 0.408 e. The second kappa shape index (κ2) is 8.41. The van der Waals surface area contributed by atoms with Gasteiger partial charge in [0.25, 0.3) is 0 Å². The van der Waals surface area contributed by atoms with Crippen LogP contribution in [0.1, 0.15) is 31.4 Å². The van der Waals surface area contributed by atoms with Gasteiger partial charge in [0, 0.05) is 13.0 Å². The van der Waals surface area contributed by atoms with E-state index in [-0.39, 0.29) is 23.2 Å². The van der Waals surface area contributed by atoms with Gasteiger partial charge in [0.15, 0.2) is 5.17 Å². The Hall–Kier alpha value is -1.70. The summed E-state index contributed by atoms with van der Waals surface area (Å²) >= 11 is 1.00. The lowest BCUT2D eigenvalue weighted by molar-refractivity contribution is -0.155. The average Bonchev–Trinajstić information content (AvgIpc) is 2.58. The summed E-state index contributed by atoms with van der Waals surface area (Å²) in [7, 11) is 0. The van der Waals surface area contributed by atoms with Crippen LogP contribution in [0.2, 0.25) is 0 Å². The molecule has 1 aromatic carbocycles. The van der Waals surface area contributed by atoms with Crippen LogP contribution in [0.5, 0.6) is 0 Å². The Morgan fingerprint density at radius 1 is 1.38 bits per heavy atom. The van der Waals surface area contributed by atoms with Crippen molar-refractivity contribution in [1.82, 2.24) is 10.6 Å². The summed E-state index contributed by atoms with van der Waals surface area (Å²) in [5.74, 6) is -0.172. The number of aliphatic imine (C=N–C) groups is 1. The molecule has 0 saturated heterocycles. The molecule has 0 aliphatic carbocycles. The minimum absolute atomic E-state index is 0.0396. The maximum absolute atomic E-state index is 13.2. The van der Waals surface area contributed by atoms with Gasteiger partial charge in [-0.25, -0.2) is 0 Å². The highest BCUT2D eigenvalue weighted by molar-refractivity contribution is 8.14. The van der Waals surface area contributed by atoms with Gasteiger partial charge in [-0.3, -0.25) is 9.79 Å². The van der Waals surface area contributed by atoms with E-state index in [1.54, 1.807) is 24.3 Å². The minimum Gasteiger partial charge on any atom is -0.355 e. The van der Waals surface area contributed by atoms with Crippen LogP contribution in [-0.2, 0) is 4.79 Å². The number of carbonyl (C=O) groups is 1. The number of hydrogen-bond acceptors (Lipinski definition) is 4. The quantitative estimate of drug-likeness (QED) is 0.848. The number of benzene rings is 1. The molecule has 0 saturated carbocycles. The molecule has 0 spiro atoms. The van der Waals surface area contributed by atoms with E-state index >= 15 is 0 Å². The first kappa shape index (κ1) is 18.6. The fraction of sp³-hybridized carbons (Fsp3) is 0.500. The van der Waals surface area contributed by atoms with Crippen molar-refractivity contribution in [2.24, 2.45) is 4.99 Å². The molecule has 1 aliphatic rings. The summed E-state index contributed by atoms with van der Waals surface area (Å²) < 4.78 is 39.5. The zero-order valence-corrected chi connectivity index (χ0v) is 14.1. The standard InChI is InChI=1S/C16H20F3N3OS/c1-2-8-20-14(23)10-24-15-21-12(11-6-4-3-5-7-11)9-13(22-15)16(17,18)19/h3-7,12-13H,2,8-10H2,1H3,(H,20,23)(H,21,22)/t12-,13+/m1/s1. The largest absolute Gasteiger partial charge is 0.408 e. The molecule has 2 N–H and O–H groups in total. The maximum atomic E-state index is 13.2. The number of hydrogen-bond donors (Lipinski definition) is 2. The van der Waals surface area contributed by atoms with Crippen LogP contribution in [0.25, 0.3) is 0 Å². The Morgan fingerprint density at radius 2 is 2.08 bits per heavy atom. The molecule has 0 radical (unpaired) electrons. The summed E-state index contributed by atoms with van der Waals surface area (Å²) in [6.07, 6.45) is -3.71. The molecule has 24 heavy (non-hydrogen) atoms. The predicted molar refractivity (Wildman–Crippen MR) is 90.0 cm³/mol. The second-order valence-corrected chi connectivity index (χ2v) is 6.44. The molecule has 1 aliphatic heterocycles. The Labute approximate surface area is 143 Å². The Bertz CT molecular complexity index is 578. The third-order valence-electron chi connectivity index (χ3n) is 3.52. The van der Waals surface area contributed by atoms with Crippen molar-refractivity contribution in [2.45, 2.75) is 38.0 Å². The average molecular weight is 359 g/mol. The Balaban J connectivity index is 2.09. The van der Waals surface area contributed by atoms with Gasteiger partial charge in [-0.1, -0.05) is 49.0 Å². The SMILES string of the molecule is CCCNC(=O)CSC1=N[C@@H](c2ccccc2)C[C@@H](C(F)(F)F)N1. The molecule has 8 heteroatoms. The number of alkyl halides is 3. The van der Waals surface area contributed by atoms with Gasteiger partial charge in [-0.15, -0.1) is 0 Å². The molecular weight excluding hydrogens is 339 g/mol. The van der Waals surface area contributed by atoms with Crippen molar-refractivity contribution in [3.8, 4) is 0 Å². The monoisotopic (exact) mass is 359 g/mol. The lowest BCUT2D eigenvalue weighted by Gasteiger charge is -2.31. The van der Waals surface area contributed by atoms with Crippen LogP contribution < -0.4 is 10.6 Å². The van der Waals surface area contributed by atoms with Gasteiger partial charge < -0.3 is 10.6 Å². The zero-order chi connectivity index (χ0) is 17.6. The summed E-state index contributed by atoms with van der Waals surface area (Å²) in [6.45, 7) is 2.48. The van der Waals surface area contributed by atoms with E-state index in [2.05, 4.69) is 15.6 Å². The van der Waals surface area contributed by atoms with Crippen LogP contribution in [-0.4, -0.2) is 35.6 Å². The van der Waals surface area contributed by atoms with Gasteiger partial charge in [-0.05, 0) is 12.0 Å². The Morgan fingerprint density at radius 3 is 2.71 bits per heavy atom. The summed E-state index contributed by atoms with van der Waals surface area (Å²) in [6, 6.07) is 6.66. The minimum atomic E-state index is -4.36. The number of halogens is 3. The topological polar surface area (TPSA) is 53.5 Å². The van der Waals surface area contributed by atoms with Gasteiger partial charge in [0.05, 0.1) is 11.8 Å². The molecule has 0 aromatic heterocycles. The van der Waals surface area contributed by atoms with E-state index in [4.69, 9.17) is 0 Å². The summed E-state index contributed by atoms with van der Waals surface area (Å²) in [5.41, 5.74) is 0.738. The van der Waals surface area contributed by atoms with Crippen LogP contribution >= 0.6 is 11.8 Å².